The fraction of sp³-hybridized carbons (Fsp3) is 1.00. The van der Waals surface area contributed by atoms with E-state index < -0.39 is 15.0 Å². The largest absolute Gasteiger partial charge is 0.587 e. The lowest BCUT2D eigenvalue weighted by Crippen LogP contribution is -2.07. The molecule has 5 nitrogen and oxygen atoms in total. The molecular formula is C8H18O5P2. The second-order valence-corrected chi connectivity index (χ2v) is 7.65. The van der Waals surface area contributed by atoms with Crippen LogP contribution in [0, 0.1) is 5.92 Å². The van der Waals surface area contributed by atoms with Crippen molar-refractivity contribution < 1.29 is 23.4 Å². The summed E-state index contributed by atoms with van der Waals surface area (Å²) in [5.41, 5.74) is 0. The van der Waals surface area contributed by atoms with Gasteiger partial charge >= 0.3 is 15.0 Å². The summed E-state index contributed by atoms with van der Waals surface area (Å²) in [6.07, 6.45) is 3.77. The third kappa shape index (κ3) is 6.39. The Bertz CT molecular complexity index is 243. The number of hydrogen-bond donors (Lipinski definition) is 1. The average Bonchev–Trinajstić information content (AvgIpc) is 2.18. The Labute approximate surface area is 91.1 Å². The van der Waals surface area contributed by atoms with Crippen LogP contribution in [0.2, 0.25) is 0 Å². The molecular weight excluding hydrogens is 238 g/mol. The van der Waals surface area contributed by atoms with E-state index in [4.69, 9.17) is 4.89 Å². The van der Waals surface area contributed by atoms with Crippen molar-refractivity contribution in [3.63, 3.8) is 0 Å². The highest BCUT2D eigenvalue weighted by Crippen LogP contribution is 2.61. The zero-order valence-electron chi connectivity index (χ0n) is 9.09. The van der Waals surface area contributed by atoms with Crippen LogP contribution in [0.25, 0.3) is 0 Å². The molecule has 1 N–H and O–H groups in total. The van der Waals surface area contributed by atoms with Crippen LogP contribution >= 0.6 is 15.0 Å². The Kier molecular flexibility index (Phi) is 7.58. The van der Waals surface area contributed by atoms with E-state index in [1.165, 1.54) is 0 Å². The molecule has 15 heavy (non-hydrogen) atoms. The maximum Gasteiger partial charge on any atom is 0.564 e. The summed E-state index contributed by atoms with van der Waals surface area (Å²) in [6.45, 7) is 4.04. The highest BCUT2D eigenvalue weighted by atomic mass is 32.1. The fourth-order valence-corrected chi connectivity index (χ4v) is 2.13. The van der Waals surface area contributed by atoms with Crippen LogP contribution in [-0.2, 0) is 13.7 Å². The van der Waals surface area contributed by atoms with E-state index >= 15 is 0 Å². The molecule has 0 saturated heterocycles. The molecule has 0 rings (SSSR count). The molecule has 0 aromatic carbocycles. The van der Waals surface area contributed by atoms with Crippen LogP contribution < -0.4 is 4.89 Å². The maximum absolute atomic E-state index is 10.9. The Morgan fingerprint density at radius 3 is 2.53 bits per heavy atom. The van der Waals surface area contributed by atoms with Gasteiger partial charge in [-0.05, 0) is 12.3 Å². The summed E-state index contributed by atoms with van der Waals surface area (Å²) in [5, 5.41) is 0. The molecule has 0 aromatic rings. The van der Waals surface area contributed by atoms with Gasteiger partial charge in [-0.1, -0.05) is 37.7 Å². The fourth-order valence-electron chi connectivity index (χ4n) is 1.15. The second kappa shape index (κ2) is 7.48. The quantitative estimate of drug-likeness (QED) is 0.674. The number of hydrogen-bond acceptors (Lipinski definition) is 4. The molecule has 7 heteroatoms. The summed E-state index contributed by atoms with van der Waals surface area (Å²) in [6, 6.07) is 0. The maximum atomic E-state index is 10.9. The van der Waals surface area contributed by atoms with E-state index in [0.29, 0.717) is 0 Å². The Balaban J connectivity index is 4.00. The predicted octanol–water partition coefficient (Wildman–Crippen LogP) is 2.42. The van der Waals surface area contributed by atoms with Crippen molar-refractivity contribution in [3.05, 3.63) is 0 Å². The molecule has 0 heterocycles. The van der Waals surface area contributed by atoms with Gasteiger partial charge in [0.05, 0.1) is 6.61 Å². The van der Waals surface area contributed by atoms with E-state index in [2.05, 4.69) is 11.4 Å². The first-order chi connectivity index (χ1) is 6.94. The molecule has 0 bridgehead atoms. The minimum Gasteiger partial charge on any atom is -0.587 e. The van der Waals surface area contributed by atoms with Gasteiger partial charge in [-0.3, -0.25) is 9.42 Å². The van der Waals surface area contributed by atoms with E-state index in [1.807, 2.05) is 6.92 Å². The zero-order chi connectivity index (χ0) is 11.9. The van der Waals surface area contributed by atoms with Crippen molar-refractivity contribution >= 4 is 15.0 Å². The SMILES string of the molecule is CCCCC(CC)COP(=O)(O)[P+](=O)[O-]. The summed E-state index contributed by atoms with van der Waals surface area (Å²) >= 11 is 0. The first-order valence-electron chi connectivity index (χ1n) is 5.06. The Hall–Kier alpha value is 0.210. The molecule has 90 valence electrons. The third-order valence-corrected chi connectivity index (χ3v) is 4.71. The molecule has 3 atom stereocenters. The van der Waals surface area contributed by atoms with Crippen molar-refractivity contribution in [3.8, 4) is 0 Å². The van der Waals surface area contributed by atoms with Gasteiger partial charge in [0, 0.05) is 0 Å². The molecule has 0 aromatic heterocycles. The van der Waals surface area contributed by atoms with Crippen LogP contribution in [0.4, 0.5) is 0 Å². The molecule has 0 fully saturated rings. The summed E-state index contributed by atoms with van der Waals surface area (Å²) in [4.78, 5) is 19.2. The zero-order valence-corrected chi connectivity index (χ0v) is 10.9. The van der Waals surface area contributed by atoms with E-state index in [0.717, 1.165) is 25.7 Å². The lowest BCUT2D eigenvalue weighted by Gasteiger charge is -2.13. The normalized spacial score (nSPS) is 18.3. The smallest absolute Gasteiger partial charge is 0.564 e. The van der Waals surface area contributed by atoms with Crippen LogP contribution in [0.15, 0.2) is 0 Å². The molecule has 0 spiro atoms. The lowest BCUT2D eigenvalue weighted by atomic mass is 10.0. The van der Waals surface area contributed by atoms with E-state index in [-0.39, 0.29) is 12.5 Å². The lowest BCUT2D eigenvalue weighted by molar-refractivity contribution is -0.160. The van der Waals surface area contributed by atoms with Crippen LogP contribution in [-0.4, -0.2) is 11.5 Å². The Morgan fingerprint density at radius 1 is 1.53 bits per heavy atom. The highest BCUT2D eigenvalue weighted by molar-refractivity contribution is 8.19. The first kappa shape index (κ1) is 15.2. The van der Waals surface area contributed by atoms with Crippen molar-refractivity contribution in [2.45, 2.75) is 39.5 Å². The summed E-state index contributed by atoms with van der Waals surface area (Å²) < 4.78 is 25.8. The van der Waals surface area contributed by atoms with Crippen molar-refractivity contribution in [1.82, 2.24) is 0 Å². The molecule has 0 amide bonds. The van der Waals surface area contributed by atoms with Crippen molar-refractivity contribution in [1.29, 1.82) is 0 Å². The van der Waals surface area contributed by atoms with Gasteiger partial charge in [-0.2, -0.15) is 0 Å². The van der Waals surface area contributed by atoms with Crippen molar-refractivity contribution in [2.75, 3.05) is 6.61 Å². The van der Waals surface area contributed by atoms with Crippen molar-refractivity contribution in [2.24, 2.45) is 5.92 Å². The van der Waals surface area contributed by atoms with Crippen LogP contribution in [0.3, 0.4) is 0 Å². The summed E-state index contributed by atoms with van der Waals surface area (Å²) in [5.74, 6) is 0.153. The van der Waals surface area contributed by atoms with Gasteiger partial charge in [-0.15, -0.1) is 0 Å². The topological polar surface area (TPSA) is 86.7 Å². The molecule has 0 aliphatic rings. The standard InChI is InChI=1S/C8H18O5P2/c1-3-5-6-8(4-2)7-13-15(11,12)14(9)10/h8H,3-7H2,1-2H3,(H,11,12). The monoisotopic (exact) mass is 256 g/mol. The van der Waals surface area contributed by atoms with Crippen LogP contribution in [0.5, 0.6) is 0 Å². The number of rotatable bonds is 8. The van der Waals surface area contributed by atoms with Gasteiger partial charge in [0.15, 0.2) is 0 Å². The second-order valence-electron chi connectivity index (χ2n) is 3.44. The highest BCUT2D eigenvalue weighted by Gasteiger charge is 2.36. The predicted molar refractivity (Wildman–Crippen MR) is 56.7 cm³/mol. The van der Waals surface area contributed by atoms with E-state index in [9.17, 15) is 14.0 Å². The van der Waals surface area contributed by atoms with E-state index in [1.54, 1.807) is 0 Å². The molecule has 0 aliphatic carbocycles. The minimum atomic E-state index is -4.41. The molecule has 0 radical (unpaired) electrons. The first-order valence-corrected chi connectivity index (χ1v) is 8.52. The minimum absolute atomic E-state index is 0.0353. The van der Waals surface area contributed by atoms with Gasteiger partial charge in [0.25, 0.3) is 0 Å². The van der Waals surface area contributed by atoms with Gasteiger partial charge in [0.2, 0.25) is 0 Å². The van der Waals surface area contributed by atoms with Gasteiger partial charge in [0.1, 0.15) is 0 Å². The molecule has 3 unspecified atom stereocenters. The third-order valence-electron chi connectivity index (χ3n) is 2.23. The average molecular weight is 256 g/mol. The number of unbranched alkanes of at least 4 members (excludes halogenated alkanes) is 1. The summed E-state index contributed by atoms with van der Waals surface area (Å²) in [7, 11) is -7.81. The van der Waals surface area contributed by atoms with Gasteiger partial charge in [-0.25, -0.2) is 4.57 Å². The van der Waals surface area contributed by atoms with Gasteiger partial charge < -0.3 is 4.89 Å². The Morgan fingerprint density at radius 2 is 2.13 bits per heavy atom. The molecule has 0 aliphatic heterocycles. The molecule has 0 saturated carbocycles. The van der Waals surface area contributed by atoms with Crippen LogP contribution in [0.1, 0.15) is 39.5 Å².